The molecule has 0 aliphatic carbocycles. The second-order valence-electron chi connectivity index (χ2n) is 5.09. The number of amides is 1. The Morgan fingerprint density at radius 2 is 2.24 bits per heavy atom. The Bertz CT molecular complexity index is 879. The van der Waals surface area contributed by atoms with Crippen LogP contribution >= 0.6 is 11.3 Å². The summed E-state index contributed by atoms with van der Waals surface area (Å²) in [6.07, 6.45) is 1.30. The third-order valence-electron chi connectivity index (χ3n) is 3.66. The number of aromatic nitrogens is 3. The smallest absolute Gasteiger partial charge is 0.241 e. The van der Waals surface area contributed by atoms with Crippen LogP contribution in [0, 0.1) is 6.92 Å². The number of hydrogen-bond acceptors (Lipinski definition) is 5. The molecule has 6 nitrogen and oxygen atoms in total. The van der Waals surface area contributed by atoms with Crippen LogP contribution in [0.3, 0.4) is 0 Å². The summed E-state index contributed by atoms with van der Waals surface area (Å²) < 4.78 is 1.79. The Labute approximate surface area is 124 Å². The van der Waals surface area contributed by atoms with Gasteiger partial charge in [-0.25, -0.2) is 4.52 Å². The topological polar surface area (TPSA) is 85.3 Å². The molecule has 1 amide bonds. The van der Waals surface area contributed by atoms with Crippen molar-refractivity contribution in [1.29, 1.82) is 0 Å². The van der Waals surface area contributed by atoms with Gasteiger partial charge in [0.25, 0.3) is 0 Å². The van der Waals surface area contributed by atoms with Crippen LogP contribution in [-0.4, -0.2) is 20.5 Å². The van der Waals surface area contributed by atoms with Crippen molar-refractivity contribution in [2.45, 2.75) is 19.8 Å². The first-order valence-corrected chi connectivity index (χ1v) is 7.48. The molecule has 0 unspecified atom stereocenters. The number of benzene rings is 1. The first kappa shape index (κ1) is 12.3. The van der Waals surface area contributed by atoms with Gasteiger partial charge in [0.15, 0.2) is 0 Å². The molecule has 3 N–H and O–H groups in total. The van der Waals surface area contributed by atoms with Gasteiger partial charge in [0.1, 0.15) is 0 Å². The third kappa shape index (κ3) is 1.89. The number of nitrogens with two attached hydrogens (primary N) is 1. The molecule has 0 saturated heterocycles. The van der Waals surface area contributed by atoms with E-state index in [0.717, 1.165) is 38.8 Å². The van der Waals surface area contributed by atoms with Crippen molar-refractivity contribution in [1.82, 2.24) is 14.6 Å². The molecule has 21 heavy (non-hydrogen) atoms. The van der Waals surface area contributed by atoms with Gasteiger partial charge in [-0.15, -0.1) is 5.10 Å². The molecule has 1 aromatic carbocycles. The lowest BCUT2D eigenvalue weighted by atomic mass is 9.99. The number of nitrogens with one attached hydrogen (secondary N) is 1. The van der Waals surface area contributed by atoms with Crippen LogP contribution in [0.15, 0.2) is 18.2 Å². The summed E-state index contributed by atoms with van der Waals surface area (Å²) in [6.45, 7) is 2.05. The number of carbonyl (C=O) groups is 1. The maximum atomic E-state index is 11.4. The van der Waals surface area contributed by atoms with E-state index in [9.17, 15) is 4.79 Å². The van der Waals surface area contributed by atoms with Crippen LogP contribution in [0.5, 0.6) is 0 Å². The molecular formula is C14H13N5OS. The van der Waals surface area contributed by atoms with E-state index in [0.29, 0.717) is 6.42 Å². The number of thiazole rings is 1. The van der Waals surface area contributed by atoms with Crippen molar-refractivity contribution in [3.05, 3.63) is 28.6 Å². The average molecular weight is 299 g/mol. The molecule has 7 heteroatoms. The van der Waals surface area contributed by atoms with Gasteiger partial charge in [-0.3, -0.25) is 4.79 Å². The zero-order chi connectivity index (χ0) is 14.6. The van der Waals surface area contributed by atoms with E-state index in [1.807, 2.05) is 19.1 Å². The molecule has 4 rings (SSSR count). The number of carbonyl (C=O) groups excluding carboxylic acids is 1. The minimum Gasteiger partial charge on any atom is -0.366 e. The molecule has 0 fully saturated rings. The lowest BCUT2D eigenvalue weighted by Gasteiger charge is -2.17. The van der Waals surface area contributed by atoms with Crippen LogP contribution in [0.2, 0.25) is 0 Å². The number of nitrogen functional groups attached to an aromatic ring is 1. The van der Waals surface area contributed by atoms with Crippen LogP contribution < -0.4 is 11.1 Å². The molecular weight excluding hydrogens is 286 g/mol. The highest BCUT2D eigenvalue weighted by atomic mass is 32.1. The van der Waals surface area contributed by atoms with Crippen molar-refractivity contribution in [2.24, 2.45) is 0 Å². The fourth-order valence-electron chi connectivity index (χ4n) is 2.72. The first-order chi connectivity index (χ1) is 10.1. The van der Waals surface area contributed by atoms with E-state index >= 15 is 0 Å². The number of hydrogen-bond donors (Lipinski definition) is 2. The summed E-state index contributed by atoms with van der Waals surface area (Å²) in [5, 5.41) is 7.16. The van der Waals surface area contributed by atoms with Crippen molar-refractivity contribution in [3.63, 3.8) is 0 Å². The highest BCUT2D eigenvalue weighted by Crippen LogP contribution is 2.34. The zero-order valence-electron chi connectivity index (χ0n) is 11.4. The summed E-state index contributed by atoms with van der Waals surface area (Å²) >= 11 is 1.57. The molecule has 0 saturated carbocycles. The van der Waals surface area contributed by atoms with Crippen molar-refractivity contribution < 1.29 is 4.79 Å². The van der Waals surface area contributed by atoms with Gasteiger partial charge in [0, 0.05) is 22.5 Å². The van der Waals surface area contributed by atoms with Crippen molar-refractivity contribution in [2.75, 3.05) is 11.1 Å². The lowest BCUT2D eigenvalue weighted by Crippen LogP contribution is -2.18. The Hall–Kier alpha value is -2.41. The maximum absolute atomic E-state index is 11.4. The van der Waals surface area contributed by atoms with Gasteiger partial charge in [-0.1, -0.05) is 17.4 Å². The average Bonchev–Trinajstić information content (AvgIpc) is 2.93. The van der Waals surface area contributed by atoms with Gasteiger partial charge in [-0.05, 0) is 31.0 Å². The van der Waals surface area contributed by atoms with E-state index < -0.39 is 0 Å². The van der Waals surface area contributed by atoms with E-state index in [-0.39, 0.29) is 11.9 Å². The summed E-state index contributed by atoms with van der Waals surface area (Å²) in [4.78, 5) is 17.6. The summed E-state index contributed by atoms with van der Waals surface area (Å²) in [5.41, 5.74) is 9.81. The number of rotatable bonds is 1. The Morgan fingerprint density at radius 1 is 1.38 bits per heavy atom. The number of anilines is 2. The molecule has 1 aliphatic heterocycles. The minimum atomic E-state index is 0.0772. The SMILES string of the molecule is Cc1sc2nc(N)nn2c1-c1ccc2c(c1)CCC(=O)N2. The highest BCUT2D eigenvalue weighted by molar-refractivity contribution is 7.17. The third-order valence-corrected chi connectivity index (χ3v) is 4.60. The Morgan fingerprint density at radius 3 is 3.10 bits per heavy atom. The molecule has 0 atom stereocenters. The normalized spacial score (nSPS) is 14.2. The van der Waals surface area contributed by atoms with E-state index in [2.05, 4.69) is 21.5 Å². The molecule has 3 heterocycles. The predicted octanol–water partition coefficient (Wildman–Crippen LogP) is 2.23. The van der Waals surface area contributed by atoms with Crippen LogP contribution in [0.25, 0.3) is 16.2 Å². The second-order valence-corrected chi connectivity index (χ2v) is 6.27. The molecule has 0 radical (unpaired) electrons. The van der Waals surface area contributed by atoms with Gasteiger partial charge in [-0.2, -0.15) is 4.98 Å². The van der Waals surface area contributed by atoms with Gasteiger partial charge < -0.3 is 11.1 Å². The molecule has 2 aromatic heterocycles. The van der Waals surface area contributed by atoms with E-state index in [1.165, 1.54) is 0 Å². The molecule has 0 spiro atoms. The van der Waals surface area contributed by atoms with Gasteiger partial charge in [0.05, 0.1) is 5.69 Å². The van der Waals surface area contributed by atoms with Crippen LogP contribution in [0.4, 0.5) is 11.6 Å². The van der Waals surface area contributed by atoms with E-state index in [1.54, 1.807) is 15.9 Å². The minimum absolute atomic E-state index is 0.0772. The Balaban J connectivity index is 1.89. The standard InChI is InChI=1S/C14H13N5OS/c1-7-12(19-14(21-7)17-13(15)18-19)9-2-4-10-8(6-9)3-5-11(20)16-10/h2,4,6H,3,5H2,1H3,(H2,15,18)(H,16,20). The Kier molecular flexibility index (Phi) is 2.52. The fourth-order valence-corrected chi connectivity index (χ4v) is 3.65. The monoisotopic (exact) mass is 299 g/mol. The summed E-state index contributed by atoms with van der Waals surface area (Å²) in [5.74, 6) is 0.362. The molecule has 0 bridgehead atoms. The second kappa shape index (κ2) is 4.29. The molecule has 1 aliphatic rings. The lowest BCUT2D eigenvalue weighted by molar-refractivity contribution is -0.116. The highest BCUT2D eigenvalue weighted by Gasteiger charge is 2.18. The number of nitrogens with zero attached hydrogens (tertiary/aromatic N) is 3. The fraction of sp³-hybridized carbons (Fsp3) is 0.214. The first-order valence-electron chi connectivity index (χ1n) is 6.66. The quantitative estimate of drug-likeness (QED) is 0.721. The van der Waals surface area contributed by atoms with Crippen molar-refractivity contribution in [3.8, 4) is 11.3 Å². The van der Waals surface area contributed by atoms with Gasteiger partial charge >= 0.3 is 0 Å². The number of aryl methyl sites for hydroxylation is 2. The van der Waals surface area contributed by atoms with Crippen molar-refractivity contribution >= 4 is 33.8 Å². The van der Waals surface area contributed by atoms with Crippen LogP contribution in [0.1, 0.15) is 16.9 Å². The predicted molar refractivity (Wildman–Crippen MR) is 82.4 cm³/mol. The number of fused-ring (bicyclic) bond motifs is 2. The maximum Gasteiger partial charge on any atom is 0.241 e. The molecule has 106 valence electrons. The zero-order valence-corrected chi connectivity index (χ0v) is 12.2. The van der Waals surface area contributed by atoms with E-state index in [4.69, 9.17) is 5.73 Å². The largest absolute Gasteiger partial charge is 0.366 e. The molecule has 3 aromatic rings. The van der Waals surface area contributed by atoms with Crippen LogP contribution in [-0.2, 0) is 11.2 Å². The van der Waals surface area contributed by atoms with Gasteiger partial charge in [0.2, 0.25) is 16.8 Å². The summed E-state index contributed by atoms with van der Waals surface area (Å²) in [6, 6.07) is 6.06. The summed E-state index contributed by atoms with van der Waals surface area (Å²) in [7, 11) is 0.